The molecule has 136 valence electrons. The minimum atomic E-state index is -0.0443. The number of hydrogen-bond donors (Lipinski definition) is 1. The Morgan fingerprint density at radius 3 is 2.64 bits per heavy atom. The van der Waals surface area contributed by atoms with E-state index in [1.54, 1.807) is 18.2 Å². The first-order valence-electron chi connectivity index (χ1n) is 9.27. The molecule has 1 aliphatic carbocycles. The zero-order valence-corrected chi connectivity index (χ0v) is 15.0. The molecule has 0 saturated heterocycles. The van der Waals surface area contributed by atoms with Crippen LogP contribution in [-0.2, 0) is 4.79 Å². The van der Waals surface area contributed by atoms with Gasteiger partial charge in [-0.2, -0.15) is 0 Å². The summed E-state index contributed by atoms with van der Waals surface area (Å²) in [6.07, 6.45) is 3.86. The molecule has 5 heteroatoms. The summed E-state index contributed by atoms with van der Waals surface area (Å²) in [4.78, 5) is 24.6. The Morgan fingerprint density at radius 2 is 1.84 bits per heavy atom. The highest BCUT2D eigenvalue weighted by atomic mass is 16.6. The normalized spacial score (nSPS) is 25.3. The summed E-state index contributed by atoms with van der Waals surface area (Å²) < 4.78 is 11.0. The number of hydrogen-bond acceptors (Lipinski definition) is 4. The van der Waals surface area contributed by atoms with Crippen LogP contribution in [-0.4, -0.2) is 30.9 Å². The highest BCUT2D eigenvalue weighted by molar-refractivity contribution is 5.98. The van der Waals surface area contributed by atoms with Crippen LogP contribution < -0.4 is 14.8 Å². The van der Waals surface area contributed by atoms with Gasteiger partial charge in [0, 0.05) is 24.4 Å². The van der Waals surface area contributed by atoms with Crippen LogP contribution in [0.1, 0.15) is 56.3 Å². The highest BCUT2D eigenvalue weighted by Crippen LogP contribution is 2.31. The summed E-state index contributed by atoms with van der Waals surface area (Å²) in [5.41, 5.74) is 0.566. The SMILES string of the molecule is CC1CCCC(NC(=O)CCC(=O)c2ccc3c(c2)OCCO3)C1C. The van der Waals surface area contributed by atoms with Crippen molar-refractivity contribution < 1.29 is 19.1 Å². The molecule has 3 atom stereocenters. The van der Waals surface area contributed by atoms with Crippen molar-refractivity contribution in [2.75, 3.05) is 13.2 Å². The maximum atomic E-state index is 12.4. The summed E-state index contributed by atoms with van der Waals surface area (Å²) in [6, 6.07) is 5.44. The van der Waals surface area contributed by atoms with E-state index in [0.717, 1.165) is 12.8 Å². The van der Waals surface area contributed by atoms with E-state index >= 15 is 0 Å². The molecule has 1 aromatic rings. The van der Waals surface area contributed by atoms with Gasteiger partial charge in [0.25, 0.3) is 0 Å². The van der Waals surface area contributed by atoms with E-state index in [-0.39, 0.29) is 30.6 Å². The Bertz CT molecular complexity index is 643. The lowest BCUT2D eigenvalue weighted by molar-refractivity contribution is -0.122. The van der Waals surface area contributed by atoms with Crippen molar-refractivity contribution in [1.29, 1.82) is 0 Å². The Kier molecular flexibility index (Phi) is 5.61. The van der Waals surface area contributed by atoms with Gasteiger partial charge in [0.2, 0.25) is 5.91 Å². The van der Waals surface area contributed by atoms with Crippen LogP contribution in [0.5, 0.6) is 11.5 Å². The Morgan fingerprint density at radius 1 is 1.08 bits per heavy atom. The van der Waals surface area contributed by atoms with Crippen molar-refractivity contribution in [3.63, 3.8) is 0 Å². The molecule has 1 amide bonds. The number of ether oxygens (including phenoxy) is 2. The predicted molar refractivity (Wildman–Crippen MR) is 95.1 cm³/mol. The fraction of sp³-hybridized carbons (Fsp3) is 0.600. The number of benzene rings is 1. The largest absolute Gasteiger partial charge is 0.486 e. The van der Waals surface area contributed by atoms with Gasteiger partial charge in [0.15, 0.2) is 17.3 Å². The first-order valence-corrected chi connectivity index (χ1v) is 9.27. The van der Waals surface area contributed by atoms with Crippen LogP contribution in [0.25, 0.3) is 0 Å². The molecule has 1 aromatic carbocycles. The lowest BCUT2D eigenvalue weighted by atomic mass is 9.78. The molecule has 3 unspecified atom stereocenters. The summed E-state index contributed by atoms with van der Waals surface area (Å²) in [5.74, 6) is 2.33. The van der Waals surface area contributed by atoms with Crippen LogP contribution in [0.15, 0.2) is 18.2 Å². The van der Waals surface area contributed by atoms with E-state index < -0.39 is 0 Å². The molecule has 0 spiro atoms. The summed E-state index contributed by atoms with van der Waals surface area (Å²) in [7, 11) is 0. The predicted octanol–water partition coefficient (Wildman–Crippen LogP) is 3.36. The van der Waals surface area contributed by atoms with Gasteiger partial charge in [-0.25, -0.2) is 0 Å². The Hall–Kier alpha value is -2.04. The lowest BCUT2D eigenvalue weighted by Gasteiger charge is -2.34. The van der Waals surface area contributed by atoms with Crippen LogP contribution in [0.3, 0.4) is 0 Å². The minimum absolute atomic E-state index is 0.0307. The van der Waals surface area contributed by atoms with Crippen molar-refractivity contribution in [1.82, 2.24) is 5.32 Å². The Labute approximate surface area is 149 Å². The molecular formula is C20H27NO4. The van der Waals surface area contributed by atoms with E-state index in [2.05, 4.69) is 19.2 Å². The molecule has 1 aliphatic heterocycles. The van der Waals surface area contributed by atoms with Gasteiger partial charge >= 0.3 is 0 Å². The topological polar surface area (TPSA) is 64.6 Å². The lowest BCUT2D eigenvalue weighted by Crippen LogP contribution is -2.43. The van der Waals surface area contributed by atoms with Gasteiger partial charge < -0.3 is 14.8 Å². The van der Waals surface area contributed by atoms with Gasteiger partial charge in [0.1, 0.15) is 13.2 Å². The average molecular weight is 345 g/mol. The zero-order chi connectivity index (χ0) is 17.8. The van der Waals surface area contributed by atoms with Crippen LogP contribution >= 0.6 is 0 Å². The number of carbonyl (C=O) groups is 2. The third-order valence-electron chi connectivity index (χ3n) is 5.50. The van der Waals surface area contributed by atoms with Gasteiger partial charge in [-0.1, -0.05) is 26.7 Å². The van der Waals surface area contributed by atoms with Crippen molar-refractivity contribution in [3.05, 3.63) is 23.8 Å². The van der Waals surface area contributed by atoms with Crippen LogP contribution in [0.4, 0.5) is 0 Å². The molecule has 1 saturated carbocycles. The number of rotatable bonds is 5. The molecule has 3 rings (SSSR count). The Balaban J connectivity index is 1.51. The number of carbonyl (C=O) groups excluding carboxylic acids is 2. The maximum absolute atomic E-state index is 12.4. The zero-order valence-electron chi connectivity index (χ0n) is 15.0. The second-order valence-corrected chi connectivity index (χ2v) is 7.22. The second kappa shape index (κ2) is 7.89. The van der Waals surface area contributed by atoms with Crippen molar-refractivity contribution in [2.24, 2.45) is 11.8 Å². The van der Waals surface area contributed by atoms with Gasteiger partial charge in [0.05, 0.1) is 0 Å². The summed E-state index contributed by atoms with van der Waals surface area (Å²) in [5, 5.41) is 3.12. The van der Waals surface area contributed by atoms with Crippen LogP contribution in [0, 0.1) is 11.8 Å². The first-order chi connectivity index (χ1) is 12.0. The molecule has 0 aromatic heterocycles. The first kappa shape index (κ1) is 17.8. The van der Waals surface area contributed by atoms with E-state index in [0.29, 0.717) is 42.1 Å². The maximum Gasteiger partial charge on any atom is 0.220 e. The summed E-state index contributed by atoms with van der Waals surface area (Å²) in [6.45, 7) is 5.47. The number of ketones is 1. The van der Waals surface area contributed by atoms with Crippen molar-refractivity contribution in [3.8, 4) is 11.5 Å². The molecule has 5 nitrogen and oxygen atoms in total. The van der Waals surface area contributed by atoms with Gasteiger partial charge in [-0.05, 0) is 36.5 Å². The fourth-order valence-electron chi connectivity index (χ4n) is 3.65. The molecule has 0 bridgehead atoms. The van der Waals surface area contributed by atoms with Crippen molar-refractivity contribution >= 4 is 11.7 Å². The minimum Gasteiger partial charge on any atom is -0.486 e. The molecule has 1 N–H and O–H groups in total. The number of nitrogens with one attached hydrogen (secondary N) is 1. The quantitative estimate of drug-likeness (QED) is 0.831. The molecule has 2 aliphatic rings. The monoisotopic (exact) mass is 345 g/mol. The molecule has 25 heavy (non-hydrogen) atoms. The number of amides is 1. The third-order valence-corrected chi connectivity index (χ3v) is 5.50. The molecule has 0 radical (unpaired) electrons. The van der Waals surface area contributed by atoms with Gasteiger partial charge in [-0.15, -0.1) is 0 Å². The molecule has 1 heterocycles. The second-order valence-electron chi connectivity index (χ2n) is 7.22. The van der Waals surface area contributed by atoms with Crippen LogP contribution in [0.2, 0.25) is 0 Å². The van der Waals surface area contributed by atoms with E-state index in [9.17, 15) is 9.59 Å². The van der Waals surface area contributed by atoms with Gasteiger partial charge in [-0.3, -0.25) is 9.59 Å². The number of Topliss-reactive ketones (excluding diaryl/α,β-unsaturated/α-hetero) is 1. The van der Waals surface area contributed by atoms with E-state index in [1.807, 2.05) is 0 Å². The molecule has 1 fully saturated rings. The third kappa shape index (κ3) is 4.33. The highest BCUT2D eigenvalue weighted by Gasteiger charge is 2.28. The summed E-state index contributed by atoms with van der Waals surface area (Å²) >= 11 is 0. The van der Waals surface area contributed by atoms with E-state index in [4.69, 9.17) is 9.47 Å². The fourth-order valence-corrected chi connectivity index (χ4v) is 3.65. The van der Waals surface area contributed by atoms with Crippen molar-refractivity contribution in [2.45, 2.75) is 52.0 Å². The van der Waals surface area contributed by atoms with E-state index in [1.165, 1.54) is 6.42 Å². The number of fused-ring (bicyclic) bond motifs is 1. The standard InChI is InChI=1S/C20H27NO4/c1-13-4-3-5-16(14(13)2)21-20(23)9-7-17(22)15-6-8-18-19(12-15)25-11-10-24-18/h6,8,12-14,16H,3-5,7,9-11H2,1-2H3,(H,21,23). The average Bonchev–Trinajstić information content (AvgIpc) is 2.63. The smallest absolute Gasteiger partial charge is 0.220 e. The molecular weight excluding hydrogens is 318 g/mol.